The third kappa shape index (κ3) is 6.95. The van der Waals surface area contributed by atoms with Gasteiger partial charge in [-0.3, -0.25) is 14.4 Å². The van der Waals surface area contributed by atoms with Gasteiger partial charge in [-0.2, -0.15) is 0 Å². The molecule has 5 rings (SSSR count). The summed E-state index contributed by atoms with van der Waals surface area (Å²) < 4.78 is 19.1. The van der Waals surface area contributed by atoms with Gasteiger partial charge in [-0.25, -0.2) is 0 Å². The molecule has 0 saturated carbocycles. The predicted octanol–water partition coefficient (Wildman–Crippen LogP) is 5.48. The van der Waals surface area contributed by atoms with Crippen LogP contribution in [-0.4, -0.2) is 44.3 Å². The SMILES string of the molecule is COc1cc2c(c(OC)c1OC)-c1ccc(NCCCC(=O)Nc3cccc(-n4cccc4)c3)c(=O)cc1[C@H](NC(C)=O)CC2. The van der Waals surface area contributed by atoms with Crippen LogP contribution in [0.4, 0.5) is 11.4 Å². The molecule has 0 bridgehead atoms. The van der Waals surface area contributed by atoms with E-state index in [1.165, 1.54) is 6.92 Å². The van der Waals surface area contributed by atoms with Crippen LogP contribution >= 0.6 is 0 Å². The van der Waals surface area contributed by atoms with E-state index < -0.39 is 0 Å². The van der Waals surface area contributed by atoms with Crippen molar-refractivity contribution in [1.82, 2.24) is 9.88 Å². The number of aromatic nitrogens is 1. The standard InChI is InChI=1S/C35H38N4O6/c1-22(40)37-28-14-12-23-19-31(43-2)34(44-3)35(45-4)33(23)26-13-15-29(30(41)21-27(26)28)36-16-8-11-32(42)38-24-9-7-10-25(20-24)39-17-5-6-18-39/h5-7,9-10,13,15,17-21,28H,8,11-12,14,16H2,1-4H3,(H,36,41)(H,37,40)(H,38,42)/t28-/m1/s1. The summed E-state index contributed by atoms with van der Waals surface area (Å²) in [6, 6.07) is 18.3. The molecule has 3 N–H and O–H groups in total. The normalized spacial score (nSPS) is 13.5. The lowest BCUT2D eigenvalue weighted by molar-refractivity contribution is -0.119. The van der Waals surface area contributed by atoms with Gasteiger partial charge in [0.1, 0.15) is 0 Å². The number of amides is 2. The fraction of sp³-hybridized carbons (Fsp3) is 0.286. The van der Waals surface area contributed by atoms with Crippen molar-refractivity contribution >= 4 is 23.2 Å². The van der Waals surface area contributed by atoms with Gasteiger partial charge in [0.15, 0.2) is 11.5 Å². The van der Waals surface area contributed by atoms with Gasteiger partial charge in [0.05, 0.1) is 33.1 Å². The second-order valence-electron chi connectivity index (χ2n) is 10.8. The zero-order chi connectivity index (χ0) is 31.9. The van der Waals surface area contributed by atoms with E-state index >= 15 is 0 Å². The minimum Gasteiger partial charge on any atom is -0.493 e. The van der Waals surface area contributed by atoms with Gasteiger partial charge in [-0.15, -0.1) is 0 Å². The third-order valence-electron chi connectivity index (χ3n) is 7.84. The molecule has 45 heavy (non-hydrogen) atoms. The number of aryl methyl sites for hydroxylation is 1. The number of methoxy groups -OCH3 is 3. The lowest BCUT2D eigenvalue weighted by atomic mass is 9.95. The number of carbonyl (C=O) groups excluding carboxylic acids is 2. The Balaban J connectivity index is 1.36. The number of carbonyl (C=O) groups is 2. The molecule has 234 valence electrons. The molecule has 2 amide bonds. The van der Waals surface area contributed by atoms with E-state index in [4.69, 9.17) is 14.2 Å². The fourth-order valence-electron chi connectivity index (χ4n) is 5.80. The third-order valence-corrected chi connectivity index (χ3v) is 7.84. The highest BCUT2D eigenvalue weighted by Crippen LogP contribution is 2.50. The summed E-state index contributed by atoms with van der Waals surface area (Å²) in [6.07, 6.45) is 5.88. The van der Waals surface area contributed by atoms with E-state index in [0.29, 0.717) is 54.3 Å². The van der Waals surface area contributed by atoms with Crippen LogP contribution in [0.2, 0.25) is 0 Å². The van der Waals surface area contributed by atoms with Crippen molar-refractivity contribution in [2.24, 2.45) is 0 Å². The molecule has 0 spiro atoms. The minimum atomic E-state index is -0.390. The van der Waals surface area contributed by atoms with Crippen molar-refractivity contribution in [3.8, 4) is 34.1 Å². The van der Waals surface area contributed by atoms with Gasteiger partial charge in [0.2, 0.25) is 23.0 Å². The van der Waals surface area contributed by atoms with Crippen LogP contribution in [0, 0.1) is 0 Å². The number of nitrogens with one attached hydrogen (secondary N) is 3. The summed E-state index contributed by atoms with van der Waals surface area (Å²) in [6.45, 7) is 1.88. The molecule has 1 aromatic heterocycles. The molecule has 4 aromatic rings. The van der Waals surface area contributed by atoms with Gasteiger partial charge in [-0.05, 0) is 84.5 Å². The van der Waals surface area contributed by atoms with Gasteiger partial charge in [0.25, 0.3) is 0 Å². The summed E-state index contributed by atoms with van der Waals surface area (Å²) in [5.74, 6) is 1.18. The highest BCUT2D eigenvalue weighted by molar-refractivity contribution is 5.91. The van der Waals surface area contributed by atoms with Crippen LogP contribution in [0.1, 0.15) is 43.4 Å². The first kappa shape index (κ1) is 31.2. The van der Waals surface area contributed by atoms with Gasteiger partial charge in [-0.1, -0.05) is 12.1 Å². The largest absolute Gasteiger partial charge is 0.493 e. The van der Waals surface area contributed by atoms with Gasteiger partial charge >= 0.3 is 0 Å². The van der Waals surface area contributed by atoms with E-state index in [1.807, 2.05) is 65.5 Å². The lowest BCUT2D eigenvalue weighted by Gasteiger charge is -2.19. The van der Waals surface area contributed by atoms with Crippen LogP contribution < -0.4 is 35.6 Å². The molecule has 3 aromatic carbocycles. The van der Waals surface area contributed by atoms with E-state index in [1.54, 1.807) is 33.5 Å². The molecular weight excluding hydrogens is 572 g/mol. The fourth-order valence-corrected chi connectivity index (χ4v) is 5.80. The molecule has 0 unspecified atom stereocenters. The van der Waals surface area contributed by atoms with Crippen molar-refractivity contribution in [1.29, 1.82) is 0 Å². The Morgan fingerprint density at radius 3 is 2.42 bits per heavy atom. The summed E-state index contributed by atoms with van der Waals surface area (Å²) in [4.78, 5) is 38.3. The molecule has 1 aliphatic carbocycles. The average Bonchev–Trinajstić information content (AvgIpc) is 3.48. The van der Waals surface area contributed by atoms with E-state index in [9.17, 15) is 14.4 Å². The Labute approximate surface area is 262 Å². The highest BCUT2D eigenvalue weighted by Gasteiger charge is 2.29. The first-order chi connectivity index (χ1) is 21.8. The number of anilines is 2. The quantitative estimate of drug-likeness (QED) is 0.192. The Morgan fingerprint density at radius 1 is 0.933 bits per heavy atom. The molecule has 0 aliphatic heterocycles. The minimum absolute atomic E-state index is 0.111. The van der Waals surface area contributed by atoms with Crippen LogP contribution in [-0.2, 0) is 16.0 Å². The molecule has 1 aliphatic rings. The second-order valence-corrected chi connectivity index (χ2v) is 10.8. The summed E-state index contributed by atoms with van der Waals surface area (Å²) >= 11 is 0. The van der Waals surface area contributed by atoms with Crippen molar-refractivity contribution in [3.05, 3.63) is 94.4 Å². The number of hydrogen-bond acceptors (Lipinski definition) is 7. The Hall–Kier alpha value is -5.25. The number of fused-ring (bicyclic) bond motifs is 3. The van der Waals surface area contributed by atoms with Gasteiger partial charge in [0, 0.05) is 49.2 Å². The highest BCUT2D eigenvalue weighted by atomic mass is 16.5. The Kier molecular flexibility index (Phi) is 9.72. The molecule has 0 radical (unpaired) electrons. The zero-order valence-corrected chi connectivity index (χ0v) is 25.9. The average molecular weight is 611 g/mol. The van der Waals surface area contributed by atoms with Crippen molar-refractivity contribution in [3.63, 3.8) is 0 Å². The molecule has 1 heterocycles. The van der Waals surface area contributed by atoms with Crippen LogP contribution in [0.25, 0.3) is 16.8 Å². The Morgan fingerprint density at radius 2 is 1.71 bits per heavy atom. The maximum absolute atomic E-state index is 13.5. The number of ether oxygens (including phenoxy) is 3. The van der Waals surface area contributed by atoms with Crippen LogP contribution in [0.3, 0.4) is 0 Å². The number of hydrogen-bond donors (Lipinski definition) is 3. The maximum Gasteiger partial charge on any atom is 0.224 e. The number of benzene rings is 2. The molecule has 10 nitrogen and oxygen atoms in total. The first-order valence-electron chi connectivity index (χ1n) is 14.9. The molecular formula is C35H38N4O6. The Bertz CT molecular complexity index is 1750. The molecule has 0 saturated heterocycles. The summed E-state index contributed by atoms with van der Waals surface area (Å²) in [7, 11) is 4.69. The van der Waals surface area contributed by atoms with Crippen molar-refractivity contribution in [2.75, 3.05) is 38.5 Å². The van der Waals surface area contributed by atoms with E-state index in [2.05, 4.69) is 16.0 Å². The van der Waals surface area contributed by atoms with Crippen molar-refractivity contribution in [2.45, 2.75) is 38.6 Å². The molecule has 10 heteroatoms. The lowest BCUT2D eigenvalue weighted by Crippen LogP contribution is -2.26. The van der Waals surface area contributed by atoms with Crippen molar-refractivity contribution < 1.29 is 23.8 Å². The number of nitrogens with zero attached hydrogens (tertiary/aromatic N) is 1. The second kappa shape index (κ2) is 14.0. The van der Waals surface area contributed by atoms with E-state index in [-0.39, 0.29) is 29.7 Å². The monoisotopic (exact) mass is 610 g/mol. The summed E-state index contributed by atoms with van der Waals surface area (Å²) in [5, 5.41) is 9.18. The predicted molar refractivity (Wildman–Crippen MR) is 175 cm³/mol. The van der Waals surface area contributed by atoms with Crippen LogP contribution in [0.5, 0.6) is 17.2 Å². The maximum atomic E-state index is 13.5. The van der Waals surface area contributed by atoms with Crippen LogP contribution in [0.15, 0.2) is 77.9 Å². The molecule has 1 atom stereocenters. The smallest absolute Gasteiger partial charge is 0.224 e. The number of rotatable bonds is 11. The molecule has 0 fully saturated rings. The topological polar surface area (TPSA) is 120 Å². The van der Waals surface area contributed by atoms with Gasteiger partial charge < -0.3 is 34.7 Å². The van der Waals surface area contributed by atoms with E-state index in [0.717, 1.165) is 28.1 Å². The first-order valence-corrected chi connectivity index (χ1v) is 14.9. The summed E-state index contributed by atoms with van der Waals surface area (Å²) in [5.41, 5.74) is 5.03. The zero-order valence-electron chi connectivity index (χ0n) is 25.9.